The summed E-state index contributed by atoms with van der Waals surface area (Å²) < 4.78 is 6.21. The van der Waals surface area contributed by atoms with E-state index in [0.29, 0.717) is 5.92 Å². The zero-order valence-corrected chi connectivity index (χ0v) is 14.3. The van der Waals surface area contributed by atoms with Crippen LogP contribution in [0.25, 0.3) is 0 Å². The van der Waals surface area contributed by atoms with Crippen LogP contribution in [-0.4, -0.2) is 23.6 Å². The maximum absolute atomic E-state index is 5.94. The Morgan fingerprint density at radius 2 is 2.19 bits per heavy atom. The van der Waals surface area contributed by atoms with E-state index in [9.17, 15) is 0 Å². The zero-order valence-electron chi connectivity index (χ0n) is 12.7. The number of halogens is 1. The van der Waals surface area contributed by atoms with Gasteiger partial charge in [0.2, 0.25) is 0 Å². The molecule has 1 N–H and O–H groups in total. The number of rotatable bonds is 8. The van der Waals surface area contributed by atoms with E-state index in [1.807, 2.05) is 12.1 Å². The second-order valence-corrected chi connectivity index (χ2v) is 7.49. The van der Waals surface area contributed by atoms with Gasteiger partial charge in [0.05, 0.1) is 16.6 Å². The summed E-state index contributed by atoms with van der Waals surface area (Å²) in [5.41, 5.74) is 0.957. The number of hydrogen-bond acceptors (Lipinski definition) is 5. The summed E-state index contributed by atoms with van der Waals surface area (Å²) in [6.45, 7) is 7.72. The summed E-state index contributed by atoms with van der Waals surface area (Å²) in [7, 11) is 2.06. The second kappa shape index (κ2) is 7.94. The minimum atomic E-state index is 0.639. The molecule has 2 rings (SSSR count). The number of hydrogen-bond donors (Lipinski definition) is 1. The Kier molecular flexibility index (Phi) is 6.23. The largest absolute Gasteiger partial charge is 0.360 e. The Hall–Kier alpha value is -0.880. The lowest BCUT2D eigenvalue weighted by atomic mass is 10.2. The summed E-state index contributed by atoms with van der Waals surface area (Å²) in [6, 6.07) is 6.01. The lowest BCUT2D eigenvalue weighted by Gasteiger charge is -2.12. The van der Waals surface area contributed by atoms with Gasteiger partial charge in [-0.25, -0.2) is 0 Å². The maximum atomic E-state index is 5.94. The third-order valence-electron chi connectivity index (χ3n) is 2.95. The van der Waals surface area contributed by atoms with E-state index >= 15 is 0 Å². The number of aromatic nitrogens is 1. The van der Waals surface area contributed by atoms with Crippen molar-refractivity contribution < 1.29 is 4.52 Å². The van der Waals surface area contributed by atoms with E-state index in [1.54, 1.807) is 11.3 Å². The van der Waals surface area contributed by atoms with Gasteiger partial charge in [-0.3, -0.25) is 4.90 Å². The normalized spacial score (nSPS) is 11.7. The van der Waals surface area contributed by atoms with E-state index in [4.69, 9.17) is 16.1 Å². The van der Waals surface area contributed by atoms with Gasteiger partial charge in [0.1, 0.15) is 0 Å². The van der Waals surface area contributed by atoms with E-state index in [2.05, 4.69) is 42.3 Å². The highest BCUT2D eigenvalue weighted by Crippen LogP contribution is 2.22. The Labute approximate surface area is 135 Å². The van der Waals surface area contributed by atoms with Crippen LogP contribution in [-0.2, 0) is 19.6 Å². The minimum absolute atomic E-state index is 0.639. The van der Waals surface area contributed by atoms with Crippen LogP contribution < -0.4 is 5.32 Å². The molecule has 0 unspecified atom stereocenters. The van der Waals surface area contributed by atoms with E-state index < -0.39 is 0 Å². The molecule has 6 heteroatoms. The summed E-state index contributed by atoms with van der Waals surface area (Å²) in [6.07, 6.45) is 0. The van der Waals surface area contributed by atoms with Gasteiger partial charge in [-0.15, -0.1) is 11.3 Å². The molecular formula is C15H22ClN3OS. The first-order chi connectivity index (χ1) is 10.0. The predicted molar refractivity (Wildman–Crippen MR) is 87.5 cm³/mol. The first-order valence-corrected chi connectivity index (χ1v) is 8.30. The third-order valence-corrected chi connectivity index (χ3v) is 4.16. The molecule has 2 aromatic heterocycles. The molecule has 2 aromatic rings. The number of nitrogens with one attached hydrogen (secondary N) is 1. The monoisotopic (exact) mass is 327 g/mol. The van der Waals surface area contributed by atoms with Gasteiger partial charge < -0.3 is 9.84 Å². The van der Waals surface area contributed by atoms with Gasteiger partial charge in [-0.05, 0) is 31.6 Å². The molecule has 0 bridgehead atoms. The van der Waals surface area contributed by atoms with Gasteiger partial charge in [-0.1, -0.05) is 30.6 Å². The standard InChI is InChI=1S/C15H22ClN3OS/c1-11(2)7-17-8-12-6-13(20-18-12)9-19(3)10-14-4-5-15(16)21-14/h4-6,11,17H,7-10H2,1-3H3. The fourth-order valence-electron chi connectivity index (χ4n) is 2.03. The topological polar surface area (TPSA) is 41.3 Å². The van der Waals surface area contributed by atoms with Crippen LogP contribution in [0.3, 0.4) is 0 Å². The molecule has 0 radical (unpaired) electrons. The Morgan fingerprint density at radius 1 is 1.38 bits per heavy atom. The highest BCUT2D eigenvalue weighted by atomic mass is 35.5. The Morgan fingerprint density at radius 3 is 2.86 bits per heavy atom. The lowest BCUT2D eigenvalue weighted by Crippen LogP contribution is -2.19. The molecular weight excluding hydrogens is 306 g/mol. The second-order valence-electron chi connectivity index (χ2n) is 5.69. The first kappa shape index (κ1) is 16.5. The summed E-state index contributed by atoms with van der Waals surface area (Å²) in [4.78, 5) is 3.44. The van der Waals surface area contributed by atoms with Gasteiger partial charge in [0.25, 0.3) is 0 Å². The molecule has 0 atom stereocenters. The molecule has 21 heavy (non-hydrogen) atoms. The SMILES string of the molecule is CC(C)CNCc1cc(CN(C)Cc2ccc(Cl)s2)on1. The van der Waals surface area contributed by atoms with Crippen LogP contribution in [0.4, 0.5) is 0 Å². The van der Waals surface area contributed by atoms with Crippen LogP contribution in [0, 0.1) is 5.92 Å². The first-order valence-electron chi connectivity index (χ1n) is 7.11. The fraction of sp³-hybridized carbons (Fsp3) is 0.533. The Bertz CT molecular complexity index is 553. The molecule has 116 valence electrons. The van der Waals surface area contributed by atoms with Crippen LogP contribution in [0.15, 0.2) is 22.7 Å². The van der Waals surface area contributed by atoms with Crippen molar-refractivity contribution in [1.29, 1.82) is 0 Å². The number of nitrogens with zero attached hydrogens (tertiary/aromatic N) is 2. The maximum Gasteiger partial charge on any atom is 0.151 e. The van der Waals surface area contributed by atoms with E-state index in [1.165, 1.54) is 4.88 Å². The molecule has 0 spiro atoms. The van der Waals surface area contributed by atoms with Crippen molar-refractivity contribution in [1.82, 2.24) is 15.4 Å². The Balaban J connectivity index is 1.78. The van der Waals surface area contributed by atoms with Crippen molar-refractivity contribution in [2.24, 2.45) is 5.92 Å². The van der Waals surface area contributed by atoms with Crippen LogP contribution in [0.1, 0.15) is 30.2 Å². The van der Waals surface area contributed by atoms with Crippen molar-refractivity contribution in [2.75, 3.05) is 13.6 Å². The molecule has 0 amide bonds. The molecule has 0 fully saturated rings. The molecule has 0 aliphatic heterocycles. The van der Waals surface area contributed by atoms with Gasteiger partial charge in [0.15, 0.2) is 5.76 Å². The fourth-order valence-corrected chi connectivity index (χ4v) is 3.20. The van der Waals surface area contributed by atoms with Crippen LogP contribution in [0.5, 0.6) is 0 Å². The van der Waals surface area contributed by atoms with Gasteiger partial charge in [-0.2, -0.15) is 0 Å². The average Bonchev–Trinajstić information content (AvgIpc) is 2.98. The van der Waals surface area contributed by atoms with E-state index in [-0.39, 0.29) is 0 Å². The third kappa shape index (κ3) is 5.79. The number of thiophene rings is 1. The summed E-state index contributed by atoms with van der Waals surface area (Å²) >= 11 is 7.56. The highest BCUT2D eigenvalue weighted by molar-refractivity contribution is 7.16. The van der Waals surface area contributed by atoms with Crippen LogP contribution >= 0.6 is 22.9 Å². The van der Waals surface area contributed by atoms with Gasteiger partial charge in [0, 0.05) is 24.0 Å². The average molecular weight is 328 g/mol. The molecule has 0 aliphatic carbocycles. The molecule has 0 aliphatic rings. The van der Waals surface area contributed by atoms with E-state index in [0.717, 1.165) is 42.0 Å². The van der Waals surface area contributed by atoms with Crippen molar-refractivity contribution >= 4 is 22.9 Å². The van der Waals surface area contributed by atoms with Crippen molar-refractivity contribution in [3.63, 3.8) is 0 Å². The minimum Gasteiger partial charge on any atom is -0.360 e. The molecule has 0 saturated carbocycles. The van der Waals surface area contributed by atoms with Crippen molar-refractivity contribution in [3.05, 3.63) is 38.9 Å². The van der Waals surface area contributed by atoms with Gasteiger partial charge >= 0.3 is 0 Å². The van der Waals surface area contributed by atoms with Crippen LogP contribution in [0.2, 0.25) is 4.34 Å². The predicted octanol–water partition coefficient (Wildman–Crippen LogP) is 3.77. The quantitative estimate of drug-likeness (QED) is 0.801. The molecule has 2 heterocycles. The lowest BCUT2D eigenvalue weighted by molar-refractivity contribution is 0.267. The smallest absolute Gasteiger partial charge is 0.151 e. The molecule has 0 saturated heterocycles. The molecule has 4 nitrogen and oxygen atoms in total. The summed E-state index contributed by atoms with van der Waals surface area (Å²) in [5.74, 6) is 1.53. The highest BCUT2D eigenvalue weighted by Gasteiger charge is 2.09. The van der Waals surface area contributed by atoms with Crippen molar-refractivity contribution in [2.45, 2.75) is 33.5 Å². The zero-order chi connectivity index (χ0) is 15.2. The molecule has 0 aromatic carbocycles. The summed E-state index contributed by atoms with van der Waals surface area (Å²) in [5, 5.41) is 7.46. The van der Waals surface area contributed by atoms with Crippen molar-refractivity contribution in [3.8, 4) is 0 Å².